The summed E-state index contributed by atoms with van der Waals surface area (Å²) in [5, 5.41) is -0.521. The summed E-state index contributed by atoms with van der Waals surface area (Å²) in [6, 6.07) is 2.46. The minimum absolute atomic E-state index is 0.0936. The summed E-state index contributed by atoms with van der Waals surface area (Å²) in [6.45, 7) is 3.38. The number of halogens is 1. The summed E-state index contributed by atoms with van der Waals surface area (Å²) in [5.41, 5.74) is 0.642. The first-order valence-electron chi connectivity index (χ1n) is 8.21. The van der Waals surface area contributed by atoms with Gasteiger partial charge in [-0.1, -0.05) is 5.92 Å². The van der Waals surface area contributed by atoms with E-state index in [0.29, 0.717) is 17.1 Å². The van der Waals surface area contributed by atoms with Gasteiger partial charge in [-0.05, 0) is 72.0 Å². The van der Waals surface area contributed by atoms with Crippen molar-refractivity contribution in [1.29, 1.82) is 0 Å². The number of hydrogen-bond acceptors (Lipinski definition) is 7. The minimum Gasteiger partial charge on any atom is -0.493 e. The van der Waals surface area contributed by atoms with Gasteiger partial charge in [0.1, 0.15) is 12.6 Å². The molecule has 1 aliphatic rings. The van der Waals surface area contributed by atoms with Crippen molar-refractivity contribution in [3.8, 4) is 23.8 Å². The first-order valence-corrected chi connectivity index (χ1v) is 10.1. The van der Waals surface area contributed by atoms with Crippen molar-refractivity contribution in [3.63, 3.8) is 0 Å². The number of carbonyl (C=O) groups excluding carboxylic acids is 3. The van der Waals surface area contributed by atoms with Crippen molar-refractivity contribution in [2.24, 2.45) is 0 Å². The van der Waals surface area contributed by atoms with E-state index >= 15 is 0 Å². The Labute approximate surface area is 180 Å². The number of methoxy groups -OCH3 is 1. The van der Waals surface area contributed by atoms with Crippen molar-refractivity contribution in [2.45, 2.75) is 19.9 Å². The van der Waals surface area contributed by atoms with Crippen LogP contribution in [-0.4, -0.2) is 48.4 Å². The SMILES string of the molecule is C#CCOc1c(I)cc(/C=C2/SC(=O)N([C@@H](C)C(=O)OCC)C2=O)cc1OC. The number of esters is 1. The van der Waals surface area contributed by atoms with Gasteiger partial charge in [0, 0.05) is 0 Å². The number of thioether (sulfide) groups is 1. The molecule has 0 N–H and O–H groups in total. The predicted octanol–water partition coefficient (Wildman–Crippen LogP) is 3.30. The summed E-state index contributed by atoms with van der Waals surface area (Å²) in [4.78, 5) is 37.9. The van der Waals surface area contributed by atoms with Crippen molar-refractivity contribution in [1.82, 2.24) is 4.90 Å². The molecule has 1 aliphatic heterocycles. The molecule has 7 nitrogen and oxygen atoms in total. The average Bonchev–Trinajstić information content (AvgIpc) is 2.93. The van der Waals surface area contributed by atoms with E-state index in [-0.39, 0.29) is 18.1 Å². The summed E-state index contributed by atoms with van der Waals surface area (Å²) < 4.78 is 16.5. The highest BCUT2D eigenvalue weighted by Crippen LogP contribution is 2.37. The molecule has 28 heavy (non-hydrogen) atoms. The molecule has 1 aromatic carbocycles. The Kier molecular flexibility index (Phi) is 7.77. The number of rotatable bonds is 7. The molecule has 0 bridgehead atoms. The number of terminal acetylenes is 1. The van der Waals surface area contributed by atoms with Crippen LogP contribution in [-0.2, 0) is 14.3 Å². The molecule has 0 aliphatic carbocycles. The Morgan fingerprint density at radius 3 is 2.75 bits per heavy atom. The highest BCUT2D eigenvalue weighted by Gasteiger charge is 2.41. The fraction of sp³-hybridized carbons (Fsp3) is 0.316. The zero-order valence-electron chi connectivity index (χ0n) is 15.5. The van der Waals surface area contributed by atoms with Gasteiger partial charge >= 0.3 is 5.97 Å². The van der Waals surface area contributed by atoms with Crippen LogP contribution in [0.25, 0.3) is 6.08 Å². The van der Waals surface area contributed by atoms with Crippen molar-refractivity contribution in [2.75, 3.05) is 20.3 Å². The number of hydrogen-bond donors (Lipinski definition) is 0. The lowest BCUT2D eigenvalue weighted by Gasteiger charge is -2.19. The molecule has 2 amide bonds. The highest BCUT2D eigenvalue weighted by atomic mass is 127. The van der Waals surface area contributed by atoms with Crippen LogP contribution >= 0.6 is 34.4 Å². The van der Waals surface area contributed by atoms with Crippen LogP contribution in [0.4, 0.5) is 4.79 Å². The molecule has 0 saturated carbocycles. The van der Waals surface area contributed by atoms with Gasteiger partial charge in [0.15, 0.2) is 11.5 Å². The quantitative estimate of drug-likeness (QED) is 0.239. The molecule has 1 atom stereocenters. The first kappa shape index (κ1) is 22.1. The molecule has 9 heteroatoms. The number of imide groups is 1. The zero-order valence-corrected chi connectivity index (χ0v) is 18.5. The maximum Gasteiger partial charge on any atom is 0.329 e. The molecule has 0 radical (unpaired) electrons. The molecule has 1 saturated heterocycles. The Morgan fingerprint density at radius 1 is 1.43 bits per heavy atom. The van der Waals surface area contributed by atoms with Crippen molar-refractivity contribution in [3.05, 3.63) is 26.2 Å². The fourth-order valence-corrected chi connectivity index (χ4v) is 4.10. The van der Waals surface area contributed by atoms with Gasteiger partial charge in [-0.15, -0.1) is 6.42 Å². The van der Waals surface area contributed by atoms with Crippen LogP contribution in [0, 0.1) is 15.9 Å². The predicted molar refractivity (Wildman–Crippen MR) is 114 cm³/mol. The molecule has 2 rings (SSSR count). The highest BCUT2D eigenvalue weighted by molar-refractivity contribution is 14.1. The van der Waals surface area contributed by atoms with E-state index in [1.54, 1.807) is 25.1 Å². The Hall–Kier alpha value is -2.19. The van der Waals surface area contributed by atoms with Gasteiger partial charge in [-0.2, -0.15) is 0 Å². The normalized spacial score (nSPS) is 16.1. The second-order valence-electron chi connectivity index (χ2n) is 5.51. The van der Waals surface area contributed by atoms with Crippen LogP contribution in [0.15, 0.2) is 17.0 Å². The summed E-state index contributed by atoms with van der Waals surface area (Å²) >= 11 is 2.84. The third-order valence-electron chi connectivity index (χ3n) is 3.69. The largest absolute Gasteiger partial charge is 0.493 e. The summed E-state index contributed by atoms with van der Waals surface area (Å²) in [5.74, 6) is 2.17. The standard InChI is InChI=1S/C19H18INO6S/c1-5-7-27-16-13(20)8-12(9-14(16)25-4)10-15-17(22)21(19(24)28-15)11(3)18(23)26-6-2/h1,8-11H,6-7H2,2-4H3/b15-10+/t11-/m0/s1. The van der Waals surface area contributed by atoms with Crippen LogP contribution in [0.1, 0.15) is 19.4 Å². The van der Waals surface area contributed by atoms with E-state index in [4.69, 9.17) is 20.6 Å². The van der Waals surface area contributed by atoms with E-state index in [2.05, 4.69) is 28.5 Å². The van der Waals surface area contributed by atoms with Crippen LogP contribution in [0.2, 0.25) is 0 Å². The number of carbonyl (C=O) groups is 3. The van der Waals surface area contributed by atoms with Gasteiger partial charge in [0.25, 0.3) is 11.1 Å². The van der Waals surface area contributed by atoms with Gasteiger partial charge in [-0.3, -0.25) is 14.5 Å². The zero-order chi connectivity index (χ0) is 20.8. The third kappa shape index (κ3) is 4.80. The summed E-state index contributed by atoms with van der Waals surface area (Å²) in [6.07, 6.45) is 6.79. The van der Waals surface area contributed by atoms with E-state index in [9.17, 15) is 14.4 Å². The number of nitrogens with zero attached hydrogens (tertiary/aromatic N) is 1. The van der Waals surface area contributed by atoms with E-state index in [1.165, 1.54) is 14.0 Å². The number of ether oxygens (including phenoxy) is 3. The topological polar surface area (TPSA) is 82.1 Å². The van der Waals surface area contributed by atoms with E-state index in [0.717, 1.165) is 20.2 Å². The lowest BCUT2D eigenvalue weighted by Crippen LogP contribution is -2.42. The van der Waals surface area contributed by atoms with Crippen molar-refractivity contribution >= 4 is 57.5 Å². The minimum atomic E-state index is -0.993. The smallest absolute Gasteiger partial charge is 0.329 e. The van der Waals surface area contributed by atoms with Gasteiger partial charge < -0.3 is 14.2 Å². The molecule has 1 aromatic rings. The van der Waals surface area contributed by atoms with Gasteiger partial charge in [0.2, 0.25) is 0 Å². The first-order chi connectivity index (χ1) is 13.3. The third-order valence-corrected chi connectivity index (χ3v) is 5.37. The maximum absolute atomic E-state index is 12.6. The number of benzene rings is 1. The van der Waals surface area contributed by atoms with Gasteiger partial charge in [-0.25, -0.2) is 4.79 Å². The maximum atomic E-state index is 12.6. The molecule has 148 valence electrons. The molecule has 0 spiro atoms. The molecule has 1 fully saturated rings. The lowest BCUT2D eigenvalue weighted by molar-refractivity contribution is -0.150. The Morgan fingerprint density at radius 2 is 2.14 bits per heavy atom. The monoisotopic (exact) mass is 515 g/mol. The summed E-state index contributed by atoms with van der Waals surface area (Å²) in [7, 11) is 1.49. The van der Waals surface area contributed by atoms with Crippen molar-refractivity contribution < 1.29 is 28.6 Å². The average molecular weight is 515 g/mol. The van der Waals surface area contributed by atoms with Crippen LogP contribution < -0.4 is 9.47 Å². The number of amides is 2. The lowest BCUT2D eigenvalue weighted by atomic mass is 10.1. The van der Waals surface area contributed by atoms with Crippen LogP contribution in [0.3, 0.4) is 0 Å². The Bertz CT molecular complexity index is 876. The molecule has 0 aromatic heterocycles. The van der Waals surface area contributed by atoms with E-state index < -0.39 is 23.2 Å². The van der Waals surface area contributed by atoms with Crippen LogP contribution in [0.5, 0.6) is 11.5 Å². The second kappa shape index (κ2) is 9.84. The fourth-order valence-electron chi connectivity index (χ4n) is 2.41. The molecular formula is C19H18INO6S. The second-order valence-corrected chi connectivity index (χ2v) is 7.66. The van der Waals surface area contributed by atoms with E-state index in [1.807, 2.05) is 0 Å². The molecule has 1 heterocycles. The molecular weight excluding hydrogens is 497 g/mol. The Balaban J connectivity index is 2.32. The molecule has 0 unspecified atom stereocenters. The van der Waals surface area contributed by atoms with Gasteiger partial charge in [0.05, 0.1) is 22.2 Å².